The first kappa shape index (κ1) is 13.6. The largest absolute Gasteiger partial charge is 0.388 e. The van der Waals surface area contributed by atoms with Gasteiger partial charge in [-0.25, -0.2) is 0 Å². The van der Waals surface area contributed by atoms with Crippen LogP contribution < -0.4 is 4.90 Å². The van der Waals surface area contributed by atoms with Gasteiger partial charge in [0.15, 0.2) is 5.78 Å². The molecule has 20 heavy (non-hydrogen) atoms. The Kier molecular flexibility index (Phi) is 3.79. The van der Waals surface area contributed by atoms with E-state index in [1.54, 1.807) is 0 Å². The molecule has 0 amide bonds. The van der Waals surface area contributed by atoms with Crippen molar-refractivity contribution in [1.82, 2.24) is 0 Å². The molecular formula is C17H23NO2. The van der Waals surface area contributed by atoms with Gasteiger partial charge in [0, 0.05) is 30.8 Å². The van der Waals surface area contributed by atoms with Crippen molar-refractivity contribution in [3.05, 3.63) is 29.8 Å². The molecule has 0 saturated heterocycles. The monoisotopic (exact) mass is 273 g/mol. The molecule has 0 radical (unpaired) electrons. The maximum atomic E-state index is 12.1. The smallest absolute Gasteiger partial charge is 0.165 e. The van der Waals surface area contributed by atoms with Crippen molar-refractivity contribution in [1.29, 1.82) is 0 Å². The molecule has 3 nitrogen and oxygen atoms in total. The summed E-state index contributed by atoms with van der Waals surface area (Å²) in [7, 11) is 0. The fourth-order valence-corrected chi connectivity index (χ4v) is 3.56. The highest BCUT2D eigenvalue weighted by Gasteiger charge is 2.33. The van der Waals surface area contributed by atoms with Crippen molar-refractivity contribution >= 4 is 11.5 Å². The standard InChI is InChI=1S/C17H23NO2/c19-16-9-6-12-18(15-8-3-2-7-14(15)16)13-17(20)10-4-1-5-11-17/h2-3,7-8,20H,1,4-6,9-13H2. The van der Waals surface area contributed by atoms with Gasteiger partial charge in [0.2, 0.25) is 0 Å². The van der Waals surface area contributed by atoms with E-state index in [4.69, 9.17) is 0 Å². The average Bonchev–Trinajstić information content (AvgIpc) is 2.60. The average molecular weight is 273 g/mol. The summed E-state index contributed by atoms with van der Waals surface area (Å²) >= 11 is 0. The molecule has 2 aliphatic rings. The van der Waals surface area contributed by atoms with Crippen LogP contribution in [0.5, 0.6) is 0 Å². The van der Waals surface area contributed by atoms with Gasteiger partial charge in [0.25, 0.3) is 0 Å². The normalized spacial score (nSPS) is 22.2. The van der Waals surface area contributed by atoms with E-state index in [-0.39, 0.29) is 5.78 Å². The summed E-state index contributed by atoms with van der Waals surface area (Å²) in [5.74, 6) is 0.235. The lowest BCUT2D eigenvalue weighted by molar-refractivity contribution is 0.0110. The van der Waals surface area contributed by atoms with Crippen molar-refractivity contribution in [3.8, 4) is 0 Å². The predicted molar refractivity (Wildman–Crippen MR) is 80.3 cm³/mol. The predicted octanol–water partition coefficient (Wildman–Crippen LogP) is 3.16. The van der Waals surface area contributed by atoms with Crippen molar-refractivity contribution < 1.29 is 9.90 Å². The molecule has 3 rings (SSSR count). The lowest BCUT2D eigenvalue weighted by atomic mass is 9.84. The number of ketones is 1. The summed E-state index contributed by atoms with van der Waals surface area (Å²) in [6.45, 7) is 1.53. The van der Waals surface area contributed by atoms with Crippen LogP contribution in [0.3, 0.4) is 0 Å². The van der Waals surface area contributed by atoms with Crippen LogP contribution in [-0.2, 0) is 0 Å². The third-order valence-electron chi connectivity index (χ3n) is 4.65. The molecule has 1 aliphatic heterocycles. The van der Waals surface area contributed by atoms with Gasteiger partial charge in [-0.2, -0.15) is 0 Å². The van der Waals surface area contributed by atoms with Crippen LogP contribution in [0.25, 0.3) is 0 Å². The third-order valence-corrected chi connectivity index (χ3v) is 4.65. The molecule has 1 fully saturated rings. The molecule has 0 unspecified atom stereocenters. The summed E-state index contributed by atoms with van der Waals surface area (Å²) in [4.78, 5) is 14.4. The summed E-state index contributed by atoms with van der Waals surface area (Å²) in [5.41, 5.74) is 1.26. The SMILES string of the molecule is O=C1CCCN(CC2(O)CCCCC2)c2ccccc21. The molecule has 0 aromatic heterocycles. The molecule has 0 bridgehead atoms. The van der Waals surface area contributed by atoms with Gasteiger partial charge in [-0.05, 0) is 31.4 Å². The number of carbonyl (C=O) groups is 1. The van der Waals surface area contributed by atoms with Crippen LogP contribution in [0.2, 0.25) is 0 Å². The van der Waals surface area contributed by atoms with Crippen LogP contribution in [0, 0.1) is 0 Å². The van der Waals surface area contributed by atoms with E-state index in [0.717, 1.165) is 49.9 Å². The van der Waals surface area contributed by atoms with E-state index in [2.05, 4.69) is 4.90 Å². The van der Waals surface area contributed by atoms with Gasteiger partial charge in [0.1, 0.15) is 0 Å². The minimum absolute atomic E-state index is 0.235. The second-order valence-electron chi connectivity index (χ2n) is 6.25. The minimum atomic E-state index is -0.571. The minimum Gasteiger partial charge on any atom is -0.388 e. The fraction of sp³-hybridized carbons (Fsp3) is 0.588. The van der Waals surface area contributed by atoms with Crippen LogP contribution in [0.15, 0.2) is 24.3 Å². The zero-order valence-corrected chi connectivity index (χ0v) is 12.0. The first-order valence-electron chi connectivity index (χ1n) is 7.78. The van der Waals surface area contributed by atoms with E-state index in [0.29, 0.717) is 13.0 Å². The third kappa shape index (κ3) is 2.73. The molecule has 108 valence electrons. The number of nitrogens with zero attached hydrogens (tertiary/aromatic N) is 1. The molecule has 1 heterocycles. The summed E-state index contributed by atoms with van der Waals surface area (Å²) in [5, 5.41) is 10.8. The Balaban J connectivity index is 1.85. The lowest BCUT2D eigenvalue weighted by Gasteiger charge is -2.38. The van der Waals surface area contributed by atoms with Gasteiger partial charge in [0.05, 0.1) is 5.60 Å². The Morgan fingerprint density at radius 1 is 1.10 bits per heavy atom. The number of hydrogen-bond acceptors (Lipinski definition) is 3. The van der Waals surface area contributed by atoms with Crippen LogP contribution >= 0.6 is 0 Å². The number of rotatable bonds is 2. The zero-order chi connectivity index (χ0) is 14.0. The second-order valence-corrected chi connectivity index (χ2v) is 6.25. The number of β-amino-alcohol motifs (C(OH)–C–C–N with tert-alkyl or cyclic N) is 1. The van der Waals surface area contributed by atoms with Crippen LogP contribution in [-0.4, -0.2) is 29.6 Å². The molecule has 1 aromatic rings. The van der Waals surface area contributed by atoms with Crippen molar-refractivity contribution in [2.75, 3.05) is 18.0 Å². The van der Waals surface area contributed by atoms with E-state index in [1.165, 1.54) is 6.42 Å². The molecular weight excluding hydrogens is 250 g/mol. The summed E-state index contributed by atoms with van der Waals surface area (Å²) in [6.07, 6.45) is 6.74. The Morgan fingerprint density at radius 3 is 2.65 bits per heavy atom. The molecule has 1 N–H and O–H groups in total. The van der Waals surface area contributed by atoms with Crippen molar-refractivity contribution in [3.63, 3.8) is 0 Å². The topological polar surface area (TPSA) is 40.5 Å². The molecule has 3 heteroatoms. The fourth-order valence-electron chi connectivity index (χ4n) is 3.56. The summed E-state index contributed by atoms with van der Waals surface area (Å²) < 4.78 is 0. The first-order chi connectivity index (χ1) is 9.68. The van der Waals surface area contributed by atoms with Gasteiger partial charge >= 0.3 is 0 Å². The number of aliphatic hydroxyl groups is 1. The van der Waals surface area contributed by atoms with Gasteiger partial charge in [-0.1, -0.05) is 31.4 Å². The van der Waals surface area contributed by atoms with Gasteiger partial charge in [-0.15, -0.1) is 0 Å². The van der Waals surface area contributed by atoms with Crippen molar-refractivity contribution in [2.24, 2.45) is 0 Å². The van der Waals surface area contributed by atoms with Crippen LogP contribution in [0.4, 0.5) is 5.69 Å². The maximum absolute atomic E-state index is 12.1. The maximum Gasteiger partial charge on any atom is 0.165 e. The van der Waals surface area contributed by atoms with E-state index in [1.807, 2.05) is 24.3 Å². The summed E-state index contributed by atoms with van der Waals surface area (Å²) in [6, 6.07) is 7.84. The van der Waals surface area contributed by atoms with Gasteiger partial charge in [-0.3, -0.25) is 4.79 Å². The quantitative estimate of drug-likeness (QED) is 0.899. The number of carbonyl (C=O) groups excluding carboxylic acids is 1. The zero-order valence-electron chi connectivity index (χ0n) is 12.0. The van der Waals surface area contributed by atoms with E-state index in [9.17, 15) is 9.90 Å². The second kappa shape index (κ2) is 5.57. The molecule has 0 atom stereocenters. The number of para-hydroxylation sites is 1. The highest BCUT2D eigenvalue weighted by molar-refractivity contribution is 6.01. The van der Waals surface area contributed by atoms with Crippen LogP contribution in [0.1, 0.15) is 55.3 Å². The number of hydrogen-bond donors (Lipinski definition) is 1. The Labute approximate surface area is 120 Å². The molecule has 1 aromatic carbocycles. The molecule has 1 saturated carbocycles. The highest BCUT2D eigenvalue weighted by Crippen LogP contribution is 2.33. The number of fused-ring (bicyclic) bond motifs is 1. The van der Waals surface area contributed by atoms with E-state index < -0.39 is 5.60 Å². The molecule has 1 aliphatic carbocycles. The number of Topliss-reactive ketones (excluding diaryl/α,β-unsaturated/α-hetero) is 1. The number of anilines is 1. The number of benzene rings is 1. The first-order valence-corrected chi connectivity index (χ1v) is 7.78. The Bertz CT molecular complexity index is 492. The highest BCUT2D eigenvalue weighted by atomic mass is 16.3. The van der Waals surface area contributed by atoms with E-state index >= 15 is 0 Å². The lowest BCUT2D eigenvalue weighted by Crippen LogP contribution is -2.45. The van der Waals surface area contributed by atoms with Crippen molar-refractivity contribution in [2.45, 2.75) is 50.5 Å². The Hall–Kier alpha value is -1.35. The molecule has 0 spiro atoms. The van der Waals surface area contributed by atoms with Gasteiger partial charge < -0.3 is 10.0 Å². The Morgan fingerprint density at radius 2 is 1.85 bits per heavy atom.